The Hall–Kier alpha value is -2.08. The predicted octanol–water partition coefficient (Wildman–Crippen LogP) is 1.46. The highest BCUT2D eigenvalue weighted by molar-refractivity contribution is 6.04. The van der Waals surface area contributed by atoms with E-state index in [9.17, 15) is 9.18 Å². The number of hydrogen-bond acceptors (Lipinski definition) is 4. The van der Waals surface area contributed by atoms with E-state index < -0.39 is 5.82 Å². The van der Waals surface area contributed by atoms with E-state index in [1.165, 1.54) is 12.1 Å². The maximum Gasteiger partial charge on any atom is 0.253 e. The third kappa shape index (κ3) is 2.91. The second kappa shape index (κ2) is 5.92. The summed E-state index contributed by atoms with van der Waals surface area (Å²) in [6, 6.07) is 2.47. The zero-order valence-corrected chi connectivity index (χ0v) is 11.5. The fourth-order valence-electron chi connectivity index (χ4n) is 1.87. The number of fused-ring (bicyclic) bond motifs is 1. The molecule has 6 heteroatoms. The Morgan fingerprint density at radius 3 is 2.70 bits per heavy atom. The van der Waals surface area contributed by atoms with Gasteiger partial charge in [-0.2, -0.15) is 0 Å². The molecule has 2 aromatic rings. The molecule has 0 aliphatic rings. The number of hydrogen-bond donors (Lipinski definition) is 2. The molecule has 20 heavy (non-hydrogen) atoms. The van der Waals surface area contributed by atoms with Crippen molar-refractivity contribution in [2.24, 2.45) is 5.73 Å². The first-order chi connectivity index (χ1) is 9.52. The summed E-state index contributed by atoms with van der Waals surface area (Å²) in [7, 11) is 0. The van der Waals surface area contributed by atoms with Crippen LogP contribution in [-0.2, 0) is 0 Å². The second-order valence-corrected chi connectivity index (χ2v) is 4.61. The number of carbonyl (C=O) groups excluding carboxylic acids is 1. The van der Waals surface area contributed by atoms with Crippen LogP contribution in [0.25, 0.3) is 11.0 Å². The average Bonchev–Trinajstić information content (AvgIpc) is 2.40. The van der Waals surface area contributed by atoms with Crippen LogP contribution in [-0.4, -0.2) is 29.0 Å². The zero-order valence-electron chi connectivity index (χ0n) is 11.5. The van der Waals surface area contributed by atoms with E-state index in [1.807, 2.05) is 0 Å². The zero-order chi connectivity index (χ0) is 14.7. The number of aryl methyl sites for hydroxylation is 2. The number of benzene rings is 1. The van der Waals surface area contributed by atoms with Crippen molar-refractivity contribution in [3.63, 3.8) is 0 Å². The molecule has 0 aliphatic heterocycles. The average molecular weight is 276 g/mol. The molecule has 0 atom stereocenters. The monoisotopic (exact) mass is 276 g/mol. The van der Waals surface area contributed by atoms with Gasteiger partial charge in [0.05, 0.1) is 22.5 Å². The summed E-state index contributed by atoms with van der Waals surface area (Å²) < 4.78 is 13.6. The summed E-state index contributed by atoms with van der Waals surface area (Å²) in [6.45, 7) is 4.54. The van der Waals surface area contributed by atoms with Gasteiger partial charge in [0, 0.05) is 12.6 Å². The van der Waals surface area contributed by atoms with E-state index >= 15 is 0 Å². The van der Waals surface area contributed by atoms with Crippen molar-refractivity contribution in [2.75, 3.05) is 13.1 Å². The lowest BCUT2D eigenvalue weighted by atomic mass is 10.1. The first kappa shape index (κ1) is 14.3. The van der Waals surface area contributed by atoms with Gasteiger partial charge in [-0.1, -0.05) is 0 Å². The Kier molecular flexibility index (Phi) is 4.24. The van der Waals surface area contributed by atoms with Crippen molar-refractivity contribution >= 4 is 16.9 Å². The molecule has 1 aromatic heterocycles. The van der Waals surface area contributed by atoms with Gasteiger partial charge >= 0.3 is 0 Å². The fourth-order valence-corrected chi connectivity index (χ4v) is 1.87. The highest BCUT2D eigenvalue weighted by Gasteiger charge is 2.15. The lowest BCUT2D eigenvalue weighted by Crippen LogP contribution is -2.26. The van der Waals surface area contributed by atoms with Crippen molar-refractivity contribution in [3.05, 3.63) is 34.9 Å². The Balaban J connectivity index is 2.46. The standard InChI is InChI=1S/C14H17FN4O/c1-8-9(2)19-13-11(14(20)17-5-3-4-16)6-10(15)7-12(13)18-8/h6-7H,3-5,16H2,1-2H3,(H,17,20). The van der Waals surface area contributed by atoms with Gasteiger partial charge in [-0.15, -0.1) is 0 Å². The molecule has 2 rings (SSSR count). The Labute approximate surface area is 116 Å². The van der Waals surface area contributed by atoms with E-state index in [0.717, 1.165) is 11.4 Å². The topological polar surface area (TPSA) is 80.9 Å². The van der Waals surface area contributed by atoms with Crippen LogP contribution in [0.15, 0.2) is 12.1 Å². The number of nitrogens with one attached hydrogen (secondary N) is 1. The molecule has 0 saturated carbocycles. The molecule has 0 unspecified atom stereocenters. The minimum Gasteiger partial charge on any atom is -0.352 e. The molecule has 1 heterocycles. The lowest BCUT2D eigenvalue weighted by Gasteiger charge is -2.09. The van der Waals surface area contributed by atoms with Gasteiger partial charge in [0.25, 0.3) is 5.91 Å². The highest BCUT2D eigenvalue weighted by atomic mass is 19.1. The third-order valence-electron chi connectivity index (χ3n) is 3.06. The largest absolute Gasteiger partial charge is 0.352 e. The molecule has 0 aliphatic carbocycles. The molecular weight excluding hydrogens is 259 g/mol. The van der Waals surface area contributed by atoms with E-state index in [2.05, 4.69) is 15.3 Å². The molecule has 1 aromatic carbocycles. The van der Waals surface area contributed by atoms with E-state index in [1.54, 1.807) is 13.8 Å². The number of nitrogens with two attached hydrogens (primary N) is 1. The maximum atomic E-state index is 13.6. The van der Waals surface area contributed by atoms with Crippen molar-refractivity contribution < 1.29 is 9.18 Å². The number of nitrogens with zero attached hydrogens (tertiary/aromatic N) is 2. The quantitative estimate of drug-likeness (QED) is 0.828. The Morgan fingerprint density at radius 1 is 1.30 bits per heavy atom. The summed E-state index contributed by atoms with van der Waals surface area (Å²) in [5.41, 5.74) is 7.82. The van der Waals surface area contributed by atoms with Crippen LogP contribution in [0.3, 0.4) is 0 Å². The van der Waals surface area contributed by atoms with Crippen LogP contribution in [0, 0.1) is 19.7 Å². The smallest absolute Gasteiger partial charge is 0.253 e. The molecule has 106 valence electrons. The Morgan fingerprint density at radius 2 is 2.00 bits per heavy atom. The van der Waals surface area contributed by atoms with E-state index in [0.29, 0.717) is 30.5 Å². The van der Waals surface area contributed by atoms with Crippen LogP contribution < -0.4 is 11.1 Å². The normalized spacial score (nSPS) is 10.8. The van der Waals surface area contributed by atoms with Gasteiger partial charge in [0.2, 0.25) is 0 Å². The van der Waals surface area contributed by atoms with Gasteiger partial charge < -0.3 is 11.1 Å². The summed E-state index contributed by atoms with van der Waals surface area (Å²) in [5, 5.41) is 2.70. The second-order valence-electron chi connectivity index (χ2n) is 4.61. The van der Waals surface area contributed by atoms with Gasteiger partial charge in [0.15, 0.2) is 0 Å². The van der Waals surface area contributed by atoms with Gasteiger partial charge in [-0.25, -0.2) is 14.4 Å². The summed E-state index contributed by atoms with van der Waals surface area (Å²) in [6.07, 6.45) is 0.669. The number of aromatic nitrogens is 2. The van der Waals surface area contributed by atoms with Crippen molar-refractivity contribution in [1.82, 2.24) is 15.3 Å². The predicted molar refractivity (Wildman–Crippen MR) is 75.0 cm³/mol. The molecule has 0 spiro atoms. The Bertz CT molecular complexity index is 657. The minimum atomic E-state index is -0.501. The van der Waals surface area contributed by atoms with Crippen LogP contribution in [0.5, 0.6) is 0 Å². The molecule has 0 fully saturated rings. The molecule has 3 N–H and O–H groups in total. The third-order valence-corrected chi connectivity index (χ3v) is 3.06. The SMILES string of the molecule is Cc1nc2cc(F)cc(C(=O)NCCCN)c2nc1C. The van der Waals surface area contributed by atoms with Crippen LogP contribution in [0.4, 0.5) is 4.39 Å². The molecule has 0 saturated heterocycles. The minimum absolute atomic E-state index is 0.202. The number of amides is 1. The number of rotatable bonds is 4. The molecule has 0 bridgehead atoms. The molecule has 1 amide bonds. The molecule has 5 nitrogen and oxygen atoms in total. The molecule has 0 radical (unpaired) electrons. The van der Waals surface area contributed by atoms with Crippen molar-refractivity contribution in [3.8, 4) is 0 Å². The van der Waals surface area contributed by atoms with Crippen LogP contribution >= 0.6 is 0 Å². The van der Waals surface area contributed by atoms with Crippen molar-refractivity contribution in [1.29, 1.82) is 0 Å². The van der Waals surface area contributed by atoms with E-state index in [-0.39, 0.29) is 11.5 Å². The number of carbonyl (C=O) groups is 1. The molecular formula is C14H17FN4O. The maximum absolute atomic E-state index is 13.6. The summed E-state index contributed by atoms with van der Waals surface area (Å²) >= 11 is 0. The highest BCUT2D eigenvalue weighted by Crippen LogP contribution is 2.19. The van der Waals surface area contributed by atoms with Crippen LogP contribution in [0.1, 0.15) is 28.2 Å². The summed E-state index contributed by atoms with van der Waals surface area (Å²) in [4.78, 5) is 20.7. The first-order valence-electron chi connectivity index (χ1n) is 6.45. The van der Waals surface area contributed by atoms with Crippen LogP contribution in [0.2, 0.25) is 0 Å². The summed E-state index contributed by atoms with van der Waals surface area (Å²) in [5.74, 6) is -0.862. The van der Waals surface area contributed by atoms with Gasteiger partial charge in [-0.3, -0.25) is 4.79 Å². The first-order valence-corrected chi connectivity index (χ1v) is 6.45. The van der Waals surface area contributed by atoms with Gasteiger partial charge in [-0.05, 0) is 32.9 Å². The van der Waals surface area contributed by atoms with E-state index in [4.69, 9.17) is 5.73 Å². The van der Waals surface area contributed by atoms with Crippen molar-refractivity contribution in [2.45, 2.75) is 20.3 Å². The number of halogens is 1. The lowest BCUT2D eigenvalue weighted by molar-refractivity contribution is 0.0954. The fraction of sp³-hybridized carbons (Fsp3) is 0.357. The van der Waals surface area contributed by atoms with Gasteiger partial charge in [0.1, 0.15) is 11.3 Å².